The maximum atomic E-state index is 11.7. The van der Waals surface area contributed by atoms with Crippen molar-refractivity contribution in [3.63, 3.8) is 0 Å². The summed E-state index contributed by atoms with van der Waals surface area (Å²) in [5, 5.41) is 11.0. The molecule has 0 aromatic carbocycles. The number of carbonyl (C=O) groups is 2. The lowest BCUT2D eigenvalue weighted by atomic mass is 10.3. The Labute approximate surface area is 108 Å². The Hall–Kier alpha value is -1.99. The molecule has 0 aliphatic heterocycles. The fourth-order valence-corrected chi connectivity index (χ4v) is 2.04. The van der Waals surface area contributed by atoms with E-state index in [2.05, 4.69) is 23.6 Å². The van der Waals surface area contributed by atoms with Gasteiger partial charge < -0.3 is 16.2 Å². The van der Waals surface area contributed by atoms with E-state index in [0.717, 1.165) is 4.88 Å². The summed E-state index contributed by atoms with van der Waals surface area (Å²) in [5.41, 5.74) is 5.85. The van der Waals surface area contributed by atoms with Gasteiger partial charge in [-0.25, -0.2) is 0 Å². The molecule has 18 heavy (non-hydrogen) atoms. The van der Waals surface area contributed by atoms with Crippen LogP contribution in [0.1, 0.15) is 14.5 Å². The molecule has 0 aliphatic rings. The number of hydrogen-bond donors (Lipinski definition) is 3. The van der Waals surface area contributed by atoms with Crippen molar-refractivity contribution in [3.05, 3.63) is 22.4 Å². The summed E-state index contributed by atoms with van der Waals surface area (Å²) < 4.78 is 0. The average molecular weight is 267 g/mol. The summed E-state index contributed by atoms with van der Waals surface area (Å²) >= 11 is 1.20. The molecule has 1 heterocycles. The van der Waals surface area contributed by atoms with Crippen LogP contribution in [0.4, 0.5) is 5.69 Å². The van der Waals surface area contributed by atoms with E-state index < -0.39 is 17.9 Å². The Morgan fingerprint density at radius 3 is 2.78 bits per heavy atom. The maximum absolute atomic E-state index is 11.7. The summed E-state index contributed by atoms with van der Waals surface area (Å²) in [5.74, 6) is -1.56. The van der Waals surface area contributed by atoms with Crippen molar-refractivity contribution in [2.75, 3.05) is 6.54 Å². The van der Waals surface area contributed by atoms with Gasteiger partial charge in [-0.2, -0.15) is 0 Å². The lowest BCUT2D eigenvalue weighted by molar-refractivity contribution is -0.138. The van der Waals surface area contributed by atoms with Crippen LogP contribution in [-0.4, -0.2) is 36.3 Å². The number of hydrogen-bond acceptors (Lipinski definition) is 5. The quantitative estimate of drug-likeness (QED) is 0.665. The maximum Gasteiger partial charge on any atom is 0.322 e. The minimum Gasteiger partial charge on any atom is -0.480 e. The molecule has 1 rings (SSSR count). The van der Waals surface area contributed by atoms with Crippen molar-refractivity contribution in [3.8, 4) is 0 Å². The van der Waals surface area contributed by atoms with E-state index in [1.54, 1.807) is 12.1 Å². The van der Waals surface area contributed by atoms with Gasteiger partial charge in [0, 0.05) is 6.54 Å². The number of carbonyl (C=O) groups excluding carboxylic acids is 1. The molecule has 1 amide bonds. The average Bonchev–Trinajstić information content (AvgIpc) is 2.78. The zero-order valence-corrected chi connectivity index (χ0v) is 10.4. The van der Waals surface area contributed by atoms with Gasteiger partial charge in [0.05, 0.1) is 15.4 Å². The third kappa shape index (κ3) is 3.25. The molecule has 0 bridgehead atoms. The van der Waals surface area contributed by atoms with Crippen molar-refractivity contribution in [1.82, 2.24) is 5.32 Å². The summed E-state index contributed by atoms with van der Waals surface area (Å²) in [6.45, 7) is 6.86. The first-order valence-corrected chi connectivity index (χ1v) is 5.80. The number of nitrogens with two attached hydrogens (primary N) is 1. The molecule has 0 spiro atoms. The molecule has 0 aliphatic carbocycles. The number of carboxylic acids is 1. The molecule has 1 aromatic rings. The monoisotopic (exact) mass is 267 g/mol. The lowest BCUT2D eigenvalue weighted by Crippen LogP contribution is -2.42. The fraction of sp³-hybridized carbons (Fsp3) is 0.182. The number of nitrogens with zero attached hydrogens (tertiary/aromatic N) is 1. The van der Waals surface area contributed by atoms with Crippen LogP contribution in [0.5, 0.6) is 0 Å². The number of aliphatic carboxylic acids is 1. The number of aliphatic imine (C=N–C) groups is 1. The van der Waals surface area contributed by atoms with Crippen LogP contribution in [0, 0.1) is 0 Å². The second-order valence-corrected chi connectivity index (χ2v) is 4.46. The SMILES string of the molecule is C=Cc1sc(C(=O)NCC(N)C(=O)O)cc1N=C. The zero-order chi connectivity index (χ0) is 13.7. The van der Waals surface area contributed by atoms with Crippen LogP contribution >= 0.6 is 11.3 Å². The number of amides is 1. The van der Waals surface area contributed by atoms with Gasteiger partial charge in [-0.15, -0.1) is 11.3 Å². The van der Waals surface area contributed by atoms with E-state index in [0.29, 0.717) is 10.6 Å². The van der Waals surface area contributed by atoms with Crippen LogP contribution in [0.3, 0.4) is 0 Å². The number of rotatable bonds is 6. The van der Waals surface area contributed by atoms with Crippen LogP contribution in [0.2, 0.25) is 0 Å². The van der Waals surface area contributed by atoms with Gasteiger partial charge in [-0.3, -0.25) is 14.6 Å². The predicted octanol–water partition coefficient (Wildman–Crippen LogP) is 0.865. The first-order chi connectivity index (χ1) is 8.49. The van der Waals surface area contributed by atoms with Crippen LogP contribution in [0.15, 0.2) is 17.6 Å². The van der Waals surface area contributed by atoms with Crippen LogP contribution < -0.4 is 11.1 Å². The molecule has 0 radical (unpaired) electrons. The number of thiophene rings is 1. The Morgan fingerprint density at radius 1 is 1.67 bits per heavy atom. The van der Waals surface area contributed by atoms with Crippen molar-refractivity contribution in [2.45, 2.75) is 6.04 Å². The topological polar surface area (TPSA) is 105 Å². The van der Waals surface area contributed by atoms with Gasteiger partial charge in [0.25, 0.3) is 5.91 Å². The van der Waals surface area contributed by atoms with Crippen molar-refractivity contribution in [1.29, 1.82) is 0 Å². The van der Waals surface area contributed by atoms with Crippen molar-refractivity contribution < 1.29 is 14.7 Å². The summed E-state index contributed by atoms with van der Waals surface area (Å²) in [4.78, 5) is 27.1. The molecular weight excluding hydrogens is 254 g/mol. The Kier molecular flexibility index (Phi) is 4.75. The summed E-state index contributed by atoms with van der Waals surface area (Å²) in [7, 11) is 0. The fourth-order valence-electron chi connectivity index (χ4n) is 1.15. The minimum absolute atomic E-state index is 0.133. The highest BCUT2D eigenvalue weighted by atomic mass is 32.1. The van der Waals surface area contributed by atoms with Crippen molar-refractivity contribution in [2.24, 2.45) is 10.7 Å². The van der Waals surface area contributed by atoms with E-state index in [1.165, 1.54) is 11.3 Å². The third-order valence-electron chi connectivity index (χ3n) is 2.12. The van der Waals surface area contributed by atoms with E-state index >= 15 is 0 Å². The van der Waals surface area contributed by atoms with E-state index in [-0.39, 0.29) is 6.54 Å². The highest BCUT2D eigenvalue weighted by Crippen LogP contribution is 2.30. The van der Waals surface area contributed by atoms with E-state index in [4.69, 9.17) is 10.8 Å². The normalized spacial score (nSPS) is 11.6. The molecule has 96 valence electrons. The van der Waals surface area contributed by atoms with Crippen LogP contribution in [0.25, 0.3) is 6.08 Å². The Balaban J connectivity index is 2.73. The first kappa shape index (κ1) is 14.1. The standard InChI is InChI=1S/C11H13N3O3S/c1-3-8-7(13-2)4-9(18-8)10(15)14-5-6(12)11(16)17/h3-4,6H,1-2,5,12H2,(H,14,15)(H,16,17). The molecule has 0 saturated heterocycles. The van der Waals surface area contributed by atoms with Gasteiger partial charge in [0.15, 0.2) is 0 Å². The third-order valence-corrected chi connectivity index (χ3v) is 3.24. The molecule has 1 aromatic heterocycles. The van der Waals surface area contributed by atoms with Crippen LogP contribution in [-0.2, 0) is 4.79 Å². The van der Waals surface area contributed by atoms with Crippen molar-refractivity contribution >= 4 is 41.7 Å². The molecule has 1 atom stereocenters. The zero-order valence-electron chi connectivity index (χ0n) is 9.55. The molecule has 0 saturated carbocycles. The van der Waals surface area contributed by atoms with Gasteiger partial charge in [0.2, 0.25) is 0 Å². The van der Waals surface area contributed by atoms with Gasteiger partial charge in [-0.1, -0.05) is 6.58 Å². The second-order valence-electron chi connectivity index (χ2n) is 3.38. The Morgan fingerprint density at radius 2 is 2.33 bits per heavy atom. The number of carboxylic acid groups (broad SMARTS) is 1. The molecule has 7 heteroatoms. The first-order valence-electron chi connectivity index (χ1n) is 4.99. The largest absolute Gasteiger partial charge is 0.480 e. The molecule has 4 N–H and O–H groups in total. The lowest BCUT2D eigenvalue weighted by Gasteiger charge is -2.06. The Bertz CT molecular complexity index is 470. The predicted molar refractivity (Wildman–Crippen MR) is 71.6 cm³/mol. The van der Waals surface area contributed by atoms with E-state index in [9.17, 15) is 9.59 Å². The summed E-state index contributed by atoms with van der Waals surface area (Å²) in [6, 6.07) is 0.445. The van der Waals surface area contributed by atoms with Gasteiger partial charge in [0.1, 0.15) is 6.04 Å². The molecular formula is C11H13N3O3S. The second kappa shape index (κ2) is 6.08. The molecule has 0 fully saturated rings. The highest BCUT2D eigenvalue weighted by Gasteiger charge is 2.16. The molecule has 1 unspecified atom stereocenters. The smallest absolute Gasteiger partial charge is 0.322 e. The minimum atomic E-state index is -1.17. The summed E-state index contributed by atoms with van der Waals surface area (Å²) in [6.07, 6.45) is 1.58. The van der Waals surface area contributed by atoms with Gasteiger partial charge >= 0.3 is 5.97 Å². The van der Waals surface area contributed by atoms with Gasteiger partial charge in [-0.05, 0) is 18.9 Å². The number of nitrogens with one attached hydrogen (secondary N) is 1. The van der Waals surface area contributed by atoms with E-state index in [1.807, 2.05) is 0 Å². The molecule has 6 nitrogen and oxygen atoms in total. The highest BCUT2D eigenvalue weighted by molar-refractivity contribution is 7.15.